The van der Waals surface area contributed by atoms with E-state index in [0.29, 0.717) is 45.1 Å². The number of aliphatic hydroxyl groups is 1. The van der Waals surface area contributed by atoms with E-state index in [1.165, 1.54) is 4.90 Å². The Bertz CT molecular complexity index is 1620. The quantitative estimate of drug-likeness (QED) is 0.0713. The second-order valence-corrected chi connectivity index (χ2v) is 16.0. The summed E-state index contributed by atoms with van der Waals surface area (Å²) in [5.74, 6) is -1.49. The third-order valence-corrected chi connectivity index (χ3v) is 9.59. The molecule has 326 valence electrons. The lowest BCUT2D eigenvalue weighted by atomic mass is 10.0. The first-order chi connectivity index (χ1) is 28.2. The number of carbonyl (C=O) groups is 6. The minimum atomic E-state index is -1.10. The molecule has 0 aliphatic carbocycles. The maximum Gasteiger partial charge on any atom is 0.408 e. The van der Waals surface area contributed by atoms with E-state index in [0.717, 1.165) is 11.1 Å². The van der Waals surface area contributed by atoms with Crippen molar-refractivity contribution in [3.8, 4) is 0 Å². The Morgan fingerprint density at radius 1 is 0.729 bits per heavy atom. The number of carbonyl (C=O) groups excluding carboxylic acids is 6. The highest BCUT2D eigenvalue weighted by Gasteiger charge is 2.39. The average molecular weight is 825 g/mol. The van der Waals surface area contributed by atoms with Crippen molar-refractivity contribution in [2.24, 2.45) is 5.92 Å². The highest BCUT2D eigenvalue weighted by atomic mass is 16.6. The maximum absolute atomic E-state index is 14.2. The Labute approximate surface area is 347 Å². The van der Waals surface area contributed by atoms with Crippen LogP contribution in [0.2, 0.25) is 0 Å². The molecule has 1 aliphatic heterocycles. The SMILES string of the molecule is CC(C)[C@@H](CO)NC(=O)[C@@H]1CCCN1C(=O)[C@H](CCCCNC(=O)OCc1ccccc1)NC(=O)[C@H](CCCCNC(=O)OCc1ccccc1)NC(=O)OC(C)(C)C. The molecule has 6 N–H and O–H groups in total. The molecule has 2 aromatic carbocycles. The Kier molecular flexibility index (Phi) is 20.5. The second-order valence-electron chi connectivity index (χ2n) is 16.0. The zero-order valence-corrected chi connectivity index (χ0v) is 35.1. The van der Waals surface area contributed by atoms with Crippen molar-refractivity contribution in [3.63, 3.8) is 0 Å². The fraction of sp³-hybridized carbons (Fsp3) is 0.581. The van der Waals surface area contributed by atoms with Crippen LogP contribution >= 0.6 is 0 Å². The van der Waals surface area contributed by atoms with Crippen LogP contribution in [0.15, 0.2) is 60.7 Å². The molecule has 6 amide bonds. The molecule has 0 spiro atoms. The molecular weight excluding hydrogens is 761 g/mol. The molecule has 1 saturated heterocycles. The van der Waals surface area contributed by atoms with Gasteiger partial charge in [0.1, 0.15) is 36.9 Å². The molecule has 16 heteroatoms. The van der Waals surface area contributed by atoms with Gasteiger partial charge in [-0.3, -0.25) is 14.4 Å². The van der Waals surface area contributed by atoms with Crippen molar-refractivity contribution in [2.45, 2.75) is 129 Å². The molecule has 0 bridgehead atoms. The zero-order chi connectivity index (χ0) is 43.2. The second kappa shape index (κ2) is 25.2. The number of hydrogen-bond acceptors (Lipinski definition) is 10. The highest BCUT2D eigenvalue weighted by Crippen LogP contribution is 2.21. The van der Waals surface area contributed by atoms with Gasteiger partial charge in [0.15, 0.2) is 0 Å². The standard InChI is InChI=1S/C43H64N6O10/c1-30(2)35(27-50)47-38(52)36-23-16-26-49(36)39(53)34(22-13-15-25-45-41(55)58-29-32-19-10-7-11-20-32)46-37(51)33(48-42(56)59-43(3,4)5)21-12-14-24-44-40(54)57-28-31-17-8-6-9-18-31/h6-11,17-20,30,33-36,50H,12-16,21-29H2,1-5H3,(H,44,54)(H,45,55)(H,46,51)(H,47,52)(H,48,56)/t33-,34-,35+,36-/m0/s1. The molecule has 59 heavy (non-hydrogen) atoms. The zero-order valence-electron chi connectivity index (χ0n) is 35.1. The first kappa shape index (κ1) is 48.0. The van der Waals surface area contributed by atoms with Crippen LogP contribution < -0.4 is 26.6 Å². The van der Waals surface area contributed by atoms with Gasteiger partial charge in [-0.25, -0.2) is 14.4 Å². The predicted molar refractivity (Wildman–Crippen MR) is 221 cm³/mol. The number of nitrogens with zero attached hydrogens (tertiary/aromatic N) is 1. The van der Waals surface area contributed by atoms with Gasteiger partial charge in [0.25, 0.3) is 0 Å². The fourth-order valence-electron chi connectivity index (χ4n) is 6.33. The lowest BCUT2D eigenvalue weighted by molar-refractivity contribution is -0.142. The van der Waals surface area contributed by atoms with Crippen LogP contribution in [0.1, 0.15) is 97.1 Å². The lowest BCUT2D eigenvalue weighted by Crippen LogP contribution is -2.57. The third kappa shape index (κ3) is 18.4. The van der Waals surface area contributed by atoms with Crippen LogP contribution in [0.25, 0.3) is 0 Å². The molecule has 0 unspecified atom stereocenters. The Balaban J connectivity index is 1.66. The topological polar surface area (TPSA) is 214 Å². The van der Waals surface area contributed by atoms with Crippen molar-refractivity contribution in [1.29, 1.82) is 0 Å². The molecule has 1 aliphatic rings. The van der Waals surface area contributed by atoms with Gasteiger partial charge in [0.2, 0.25) is 17.7 Å². The molecule has 4 atom stereocenters. The van der Waals surface area contributed by atoms with Gasteiger partial charge < -0.3 is 50.8 Å². The fourth-order valence-corrected chi connectivity index (χ4v) is 6.33. The molecule has 0 aromatic heterocycles. The van der Waals surface area contributed by atoms with Gasteiger partial charge >= 0.3 is 18.3 Å². The minimum Gasteiger partial charge on any atom is -0.445 e. The Morgan fingerprint density at radius 3 is 1.75 bits per heavy atom. The summed E-state index contributed by atoms with van der Waals surface area (Å²) in [7, 11) is 0. The number of unbranched alkanes of at least 4 members (excludes halogenated alkanes) is 2. The molecule has 0 saturated carbocycles. The summed E-state index contributed by atoms with van der Waals surface area (Å²) < 4.78 is 16.0. The first-order valence-corrected chi connectivity index (χ1v) is 20.6. The number of amides is 6. The van der Waals surface area contributed by atoms with Gasteiger partial charge in [-0.2, -0.15) is 0 Å². The number of likely N-dealkylation sites (tertiary alicyclic amines) is 1. The van der Waals surface area contributed by atoms with E-state index in [9.17, 15) is 33.9 Å². The van der Waals surface area contributed by atoms with Crippen LogP contribution in [0, 0.1) is 5.92 Å². The van der Waals surface area contributed by atoms with Gasteiger partial charge in [0, 0.05) is 19.6 Å². The van der Waals surface area contributed by atoms with Crippen molar-refractivity contribution >= 4 is 36.0 Å². The molecule has 1 fully saturated rings. The predicted octanol–water partition coefficient (Wildman–Crippen LogP) is 4.68. The van der Waals surface area contributed by atoms with Crippen molar-refractivity contribution < 1.29 is 48.1 Å². The van der Waals surface area contributed by atoms with Crippen molar-refractivity contribution in [1.82, 2.24) is 31.5 Å². The molecule has 16 nitrogen and oxygen atoms in total. The van der Waals surface area contributed by atoms with E-state index in [2.05, 4.69) is 26.6 Å². The number of ether oxygens (including phenoxy) is 3. The van der Waals surface area contributed by atoms with Gasteiger partial charge in [-0.1, -0.05) is 74.5 Å². The normalized spacial score (nSPS) is 15.3. The van der Waals surface area contributed by atoms with Gasteiger partial charge in [-0.05, 0) is 89.2 Å². The van der Waals surface area contributed by atoms with E-state index in [1.807, 2.05) is 74.5 Å². The van der Waals surface area contributed by atoms with Crippen molar-refractivity contribution in [3.05, 3.63) is 71.8 Å². The number of nitrogens with one attached hydrogen (secondary N) is 5. The monoisotopic (exact) mass is 824 g/mol. The number of benzene rings is 2. The van der Waals surface area contributed by atoms with Gasteiger partial charge in [-0.15, -0.1) is 0 Å². The summed E-state index contributed by atoms with van der Waals surface area (Å²) in [5.41, 5.74) is 0.855. The van der Waals surface area contributed by atoms with Crippen molar-refractivity contribution in [2.75, 3.05) is 26.2 Å². The largest absolute Gasteiger partial charge is 0.445 e. The number of hydrogen-bond donors (Lipinski definition) is 6. The highest BCUT2D eigenvalue weighted by molar-refractivity contribution is 5.94. The minimum absolute atomic E-state index is 0.0376. The molecule has 0 radical (unpaired) electrons. The van der Waals surface area contributed by atoms with E-state index in [1.54, 1.807) is 20.8 Å². The number of rotatable bonds is 22. The van der Waals surface area contributed by atoms with E-state index in [-0.39, 0.29) is 57.6 Å². The van der Waals surface area contributed by atoms with E-state index in [4.69, 9.17) is 14.2 Å². The summed E-state index contributed by atoms with van der Waals surface area (Å²) in [4.78, 5) is 80.5. The van der Waals surface area contributed by atoms with Crippen LogP contribution in [0.3, 0.4) is 0 Å². The lowest BCUT2D eigenvalue weighted by Gasteiger charge is -2.31. The van der Waals surface area contributed by atoms with Crippen LogP contribution in [0.4, 0.5) is 14.4 Å². The van der Waals surface area contributed by atoms with Gasteiger partial charge in [0.05, 0.1) is 12.6 Å². The summed E-state index contributed by atoms with van der Waals surface area (Å²) in [5, 5.41) is 23.6. The average Bonchev–Trinajstić information content (AvgIpc) is 3.70. The number of alkyl carbamates (subject to hydrolysis) is 3. The maximum atomic E-state index is 14.2. The van der Waals surface area contributed by atoms with Crippen LogP contribution in [-0.4, -0.2) is 102 Å². The third-order valence-electron chi connectivity index (χ3n) is 9.59. The molecule has 2 aromatic rings. The summed E-state index contributed by atoms with van der Waals surface area (Å²) in [6.07, 6.45) is 1.08. The summed E-state index contributed by atoms with van der Waals surface area (Å²) >= 11 is 0. The summed E-state index contributed by atoms with van der Waals surface area (Å²) in [6, 6.07) is 15.1. The van der Waals surface area contributed by atoms with Crippen LogP contribution in [-0.2, 0) is 41.8 Å². The number of aliphatic hydroxyl groups excluding tert-OH is 1. The van der Waals surface area contributed by atoms with E-state index < -0.39 is 59.9 Å². The smallest absolute Gasteiger partial charge is 0.408 e. The Hall–Kier alpha value is -5.38. The Morgan fingerprint density at radius 2 is 1.25 bits per heavy atom. The van der Waals surface area contributed by atoms with E-state index >= 15 is 0 Å². The molecule has 1 heterocycles. The molecular formula is C43H64N6O10. The molecule has 3 rings (SSSR count). The first-order valence-electron chi connectivity index (χ1n) is 20.6. The summed E-state index contributed by atoms with van der Waals surface area (Å²) in [6.45, 7) is 9.64. The van der Waals surface area contributed by atoms with Crippen LogP contribution in [0.5, 0.6) is 0 Å².